The second-order valence-corrected chi connectivity index (χ2v) is 4.42. The molecule has 0 radical (unpaired) electrons. The summed E-state index contributed by atoms with van der Waals surface area (Å²) >= 11 is 0. The van der Waals surface area contributed by atoms with Gasteiger partial charge in [-0.3, -0.25) is 0 Å². The fourth-order valence-corrected chi connectivity index (χ4v) is 2.82. The van der Waals surface area contributed by atoms with Gasteiger partial charge in [0.25, 0.3) is 0 Å². The van der Waals surface area contributed by atoms with Crippen LogP contribution in [-0.2, 0) is 0 Å². The van der Waals surface area contributed by atoms with Crippen molar-refractivity contribution in [2.45, 2.75) is 13.8 Å². The normalized spacial score (nSPS) is 10.9. The van der Waals surface area contributed by atoms with Gasteiger partial charge in [0.05, 0.1) is 0 Å². The van der Waals surface area contributed by atoms with E-state index in [1.54, 1.807) is 0 Å². The van der Waals surface area contributed by atoms with Crippen molar-refractivity contribution in [2.75, 3.05) is 0 Å². The summed E-state index contributed by atoms with van der Waals surface area (Å²) in [5.74, 6) is 2.33. The first-order valence-electron chi connectivity index (χ1n) is 4.49. The molecule has 1 heteroatoms. The minimum atomic E-state index is 0.855. The van der Waals surface area contributed by atoms with Crippen LogP contribution in [0.1, 0.15) is 11.1 Å². The molecule has 13 heavy (non-hydrogen) atoms. The Morgan fingerprint density at radius 3 is 2.23 bits per heavy atom. The van der Waals surface area contributed by atoms with Gasteiger partial charge in [-0.25, -0.2) is 0 Å². The maximum atomic E-state index is 2.33. The minimum Gasteiger partial charge on any atom is -0.131 e. The highest BCUT2D eigenvalue weighted by atomic mass is 31.0. The van der Waals surface area contributed by atoms with Crippen LogP contribution in [0.15, 0.2) is 36.1 Å². The molecule has 0 bridgehead atoms. The highest BCUT2D eigenvalue weighted by Gasteiger charge is 2.03. The van der Waals surface area contributed by atoms with Crippen LogP contribution in [0.4, 0.5) is 0 Å². The zero-order chi connectivity index (χ0) is 9.26. The van der Waals surface area contributed by atoms with Gasteiger partial charge in [-0.15, -0.1) is 8.19 Å². The molecule has 0 fully saturated rings. The molecular formula is C12H13P. The number of benzene rings is 1. The summed E-state index contributed by atoms with van der Waals surface area (Å²) in [6.45, 7) is 4.41. The van der Waals surface area contributed by atoms with Crippen LogP contribution in [0.3, 0.4) is 0 Å². The van der Waals surface area contributed by atoms with Crippen molar-refractivity contribution < 1.29 is 0 Å². The Balaban J connectivity index is 2.53. The molecular weight excluding hydrogens is 175 g/mol. The van der Waals surface area contributed by atoms with Gasteiger partial charge in [0, 0.05) is 5.30 Å². The largest absolute Gasteiger partial charge is 0.131 e. The summed E-state index contributed by atoms with van der Waals surface area (Å²) in [6, 6.07) is 10.7. The molecule has 2 rings (SSSR count). The highest BCUT2D eigenvalue weighted by Crippen LogP contribution is 2.34. The van der Waals surface area contributed by atoms with Gasteiger partial charge in [-0.05, 0) is 36.3 Å². The number of aryl methyl sites for hydroxylation is 1. The molecule has 0 spiro atoms. The van der Waals surface area contributed by atoms with E-state index in [2.05, 4.69) is 50.0 Å². The van der Waals surface area contributed by atoms with E-state index < -0.39 is 0 Å². The topological polar surface area (TPSA) is 0 Å². The van der Waals surface area contributed by atoms with Crippen molar-refractivity contribution in [3.63, 3.8) is 0 Å². The van der Waals surface area contributed by atoms with Crippen molar-refractivity contribution in [1.29, 1.82) is 0 Å². The monoisotopic (exact) mass is 188 g/mol. The van der Waals surface area contributed by atoms with E-state index in [0.29, 0.717) is 0 Å². The number of hydrogen-bond acceptors (Lipinski definition) is 0. The molecule has 0 aliphatic carbocycles. The second-order valence-electron chi connectivity index (χ2n) is 3.34. The smallest absolute Gasteiger partial charge is 0.00136 e. The van der Waals surface area contributed by atoms with Crippen LogP contribution in [-0.4, -0.2) is 0 Å². The molecule has 0 aliphatic rings. The summed E-state index contributed by atoms with van der Waals surface area (Å²) in [7, 11) is 0.855. The maximum Gasteiger partial charge on any atom is 0.00136 e. The molecule has 0 nitrogen and oxygen atoms in total. The van der Waals surface area contributed by atoms with Gasteiger partial charge in [-0.1, -0.05) is 30.3 Å². The molecule has 1 unspecified atom stereocenters. The summed E-state index contributed by atoms with van der Waals surface area (Å²) in [5, 5.41) is 1.51. The predicted octanol–water partition coefficient (Wildman–Crippen LogP) is 4.00. The van der Waals surface area contributed by atoms with Gasteiger partial charge in [0.15, 0.2) is 0 Å². The van der Waals surface area contributed by atoms with Crippen molar-refractivity contribution >= 4 is 8.19 Å². The average molecular weight is 188 g/mol. The molecule has 0 saturated carbocycles. The Morgan fingerprint density at radius 2 is 1.69 bits per heavy atom. The zero-order valence-corrected chi connectivity index (χ0v) is 8.96. The van der Waals surface area contributed by atoms with E-state index in [1.165, 1.54) is 22.0 Å². The fourth-order valence-electron chi connectivity index (χ4n) is 1.50. The summed E-state index contributed by atoms with van der Waals surface area (Å²) in [5.41, 5.74) is 4.29. The second kappa shape index (κ2) is 3.40. The third-order valence-corrected chi connectivity index (χ3v) is 3.99. The van der Waals surface area contributed by atoms with Gasteiger partial charge in [0.1, 0.15) is 0 Å². The van der Waals surface area contributed by atoms with Crippen molar-refractivity contribution in [3.05, 3.63) is 47.3 Å². The molecule has 66 valence electrons. The zero-order valence-electron chi connectivity index (χ0n) is 7.96. The van der Waals surface area contributed by atoms with E-state index >= 15 is 0 Å². The maximum absolute atomic E-state index is 2.33. The van der Waals surface area contributed by atoms with E-state index in [9.17, 15) is 0 Å². The number of rotatable bonds is 1. The Bertz CT molecular complexity index is 398. The molecule has 0 amide bonds. The van der Waals surface area contributed by atoms with E-state index in [1.807, 2.05) is 0 Å². The molecule has 0 aliphatic heterocycles. The van der Waals surface area contributed by atoms with E-state index in [-0.39, 0.29) is 0 Å². The van der Waals surface area contributed by atoms with Crippen LogP contribution in [0.2, 0.25) is 0 Å². The number of hydrogen-bond donors (Lipinski definition) is 0. The lowest BCUT2D eigenvalue weighted by molar-refractivity contribution is 1.40. The Hall–Kier alpha value is -1.00. The molecule has 1 heterocycles. The molecule has 1 atom stereocenters. The van der Waals surface area contributed by atoms with Crippen LogP contribution in [0.25, 0.3) is 10.9 Å². The summed E-state index contributed by atoms with van der Waals surface area (Å²) in [4.78, 5) is 0. The first-order chi connectivity index (χ1) is 6.29. The first-order valence-corrected chi connectivity index (χ1v) is 5.57. The fraction of sp³-hybridized carbons (Fsp3) is 0.167. The third-order valence-electron chi connectivity index (χ3n) is 2.46. The lowest BCUT2D eigenvalue weighted by Crippen LogP contribution is -1.76. The quantitative estimate of drug-likeness (QED) is 0.634. The molecule has 1 aromatic heterocycles. The summed E-state index contributed by atoms with van der Waals surface area (Å²) < 4.78 is 0. The lowest BCUT2D eigenvalue weighted by Gasteiger charge is -2.00. The van der Waals surface area contributed by atoms with Crippen LogP contribution in [0.5, 0.6) is 0 Å². The van der Waals surface area contributed by atoms with Gasteiger partial charge < -0.3 is 0 Å². The van der Waals surface area contributed by atoms with Crippen LogP contribution in [0, 0.1) is 13.8 Å². The summed E-state index contributed by atoms with van der Waals surface area (Å²) in [6.07, 6.45) is 0. The molecule has 1 aromatic carbocycles. The predicted molar refractivity (Wildman–Crippen MR) is 60.9 cm³/mol. The van der Waals surface area contributed by atoms with Crippen LogP contribution < -0.4 is 0 Å². The first kappa shape index (κ1) is 8.59. The Labute approximate surface area is 80.7 Å². The lowest BCUT2D eigenvalue weighted by atomic mass is 10.1. The van der Waals surface area contributed by atoms with Gasteiger partial charge in [-0.2, -0.15) is 0 Å². The third kappa shape index (κ3) is 1.55. The van der Waals surface area contributed by atoms with E-state index in [0.717, 1.165) is 8.19 Å². The van der Waals surface area contributed by atoms with Crippen molar-refractivity contribution in [2.24, 2.45) is 0 Å². The SMILES string of the molecule is Cc1c[pH]c(-c2ccccc2)c1C. The van der Waals surface area contributed by atoms with Gasteiger partial charge in [0.2, 0.25) is 0 Å². The molecule has 0 saturated heterocycles. The minimum absolute atomic E-state index is 0.855. The Morgan fingerprint density at radius 1 is 1.00 bits per heavy atom. The van der Waals surface area contributed by atoms with Gasteiger partial charge >= 0.3 is 0 Å². The average Bonchev–Trinajstić information content (AvgIpc) is 2.49. The standard InChI is InChI=1S/C12H13P/c1-9-8-13-12(10(9)2)11-6-4-3-5-7-11/h3-8,13H,1-2H3. The van der Waals surface area contributed by atoms with E-state index in [4.69, 9.17) is 0 Å². The molecule has 2 aromatic rings. The van der Waals surface area contributed by atoms with Crippen molar-refractivity contribution in [1.82, 2.24) is 0 Å². The Kier molecular flexibility index (Phi) is 2.24. The van der Waals surface area contributed by atoms with Crippen LogP contribution >= 0.6 is 8.19 Å². The highest BCUT2D eigenvalue weighted by molar-refractivity contribution is 7.33. The van der Waals surface area contributed by atoms with Crippen molar-refractivity contribution in [3.8, 4) is 10.9 Å². The molecule has 0 N–H and O–H groups in total.